The molecule has 1 nitrogen and oxygen atoms in total. The maximum absolute atomic E-state index is 5.61. The fraction of sp³-hybridized carbons (Fsp3) is 0.273. The van der Waals surface area contributed by atoms with Crippen LogP contribution in [0.3, 0.4) is 0 Å². The Morgan fingerprint density at radius 3 is 3.31 bits per heavy atom. The number of hydrogen-bond donors (Lipinski definition) is 0. The lowest BCUT2D eigenvalue weighted by molar-refractivity contribution is 0.102. The molecule has 1 unspecified atom stereocenters. The molecule has 0 heterocycles. The summed E-state index contributed by atoms with van der Waals surface area (Å²) in [5.41, 5.74) is 2.38. The zero-order valence-corrected chi connectivity index (χ0v) is 8.75. The van der Waals surface area contributed by atoms with Crippen molar-refractivity contribution in [3.8, 4) is 0 Å². The predicted octanol–water partition coefficient (Wildman–Crippen LogP) is 2.97. The maximum atomic E-state index is 5.61. The molecule has 67 valence electrons. The van der Waals surface area contributed by atoms with Crippen molar-refractivity contribution < 1.29 is 4.74 Å². The molecule has 1 aromatic rings. The Morgan fingerprint density at radius 1 is 1.54 bits per heavy atom. The van der Waals surface area contributed by atoms with E-state index in [1.54, 1.807) is 0 Å². The normalized spacial score (nSPS) is 19.0. The van der Waals surface area contributed by atoms with Crippen LogP contribution in [-0.2, 0) is 4.74 Å². The summed E-state index contributed by atoms with van der Waals surface area (Å²) in [6.07, 6.45) is 4.27. The van der Waals surface area contributed by atoms with Gasteiger partial charge in [-0.25, -0.2) is 0 Å². The Bertz CT molecular complexity index is 320. The van der Waals surface area contributed by atoms with Gasteiger partial charge >= 0.3 is 0 Å². The average Bonchev–Trinajstić information content (AvgIpc) is 2.58. The SMILES string of the molecule is BrCCOC1C=Cc2ccc[c]c21. The number of halogens is 1. The van der Waals surface area contributed by atoms with Crippen molar-refractivity contribution in [2.24, 2.45) is 0 Å². The number of benzene rings is 1. The molecule has 0 amide bonds. The van der Waals surface area contributed by atoms with Crippen molar-refractivity contribution in [3.63, 3.8) is 0 Å². The van der Waals surface area contributed by atoms with Gasteiger partial charge < -0.3 is 4.74 Å². The second-order valence-electron chi connectivity index (χ2n) is 2.88. The second-order valence-corrected chi connectivity index (χ2v) is 3.67. The molecule has 13 heavy (non-hydrogen) atoms. The van der Waals surface area contributed by atoms with Crippen molar-refractivity contribution in [2.75, 3.05) is 11.9 Å². The molecule has 0 N–H and O–H groups in total. The van der Waals surface area contributed by atoms with E-state index in [1.165, 1.54) is 5.56 Å². The van der Waals surface area contributed by atoms with E-state index in [0.717, 1.165) is 17.5 Å². The highest BCUT2D eigenvalue weighted by Gasteiger charge is 2.16. The third-order valence-electron chi connectivity index (χ3n) is 2.03. The second kappa shape index (κ2) is 4.07. The monoisotopic (exact) mass is 237 g/mol. The summed E-state index contributed by atoms with van der Waals surface area (Å²) in [4.78, 5) is 0. The molecule has 0 saturated carbocycles. The molecule has 0 fully saturated rings. The summed E-state index contributed by atoms with van der Waals surface area (Å²) in [6, 6.07) is 9.21. The van der Waals surface area contributed by atoms with Crippen molar-refractivity contribution in [1.82, 2.24) is 0 Å². The molecule has 0 aliphatic heterocycles. The van der Waals surface area contributed by atoms with E-state index >= 15 is 0 Å². The first-order valence-electron chi connectivity index (χ1n) is 4.28. The molecule has 0 bridgehead atoms. The van der Waals surface area contributed by atoms with E-state index in [2.05, 4.69) is 40.2 Å². The summed E-state index contributed by atoms with van der Waals surface area (Å²) in [5.74, 6) is 0. The largest absolute Gasteiger partial charge is 0.368 e. The van der Waals surface area contributed by atoms with E-state index in [0.29, 0.717) is 0 Å². The minimum Gasteiger partial charge on any atom is -0.368 e. The summed E-state index contributed by atoms with van der Waals surface area (Å²) >= 11 is 3.34. The lowest BCUT2D eigenvalue weighted by Gasteiger charge is -2.10. The standard InChI is InChI=1S/C11H10BrO/c12-7-8-13-11-6-5-9-3-1-2-4-10(9)11/h1-3,5-6,11H,7-8H2. The van der Waals surface area contributed by atoms with Crippen molar-refractivity contribution in [1.29, 1.82) is 0 Å². The molecule has 1 aromatic carbocycles. The maximum Gasteiger partial charge on any atom is 0.102 e. The van der Waals surface area contributed by atoms with Crippen LogP contribution in [0.25, 0.3) is 6.08 Å². The Morgan fingerprint density at radius 2 is 2.46 bits per heavy atom. The lowest BCUT2D eigenvalue weighted by atomic mass is 10.1. The van der Waals surface area contributed by atoms with E-state index < -0.39 is 0 Å². The van der Waals surface area contributed by atoms with Crippen LogP contribution < -0.4 is 0 Å². The number of fused-ring (bicyclic) bond motifs is 1. The highest BCUT2D eigenvalue weighted by molar-refractivity contribution is 9.09. The molecule has 0 spiro atoms. The summed E-state index contributed by atoms with van der Waals surface area (Å²) in [7, 11) is 0. The van der Waals surface area contributed by atoms with Crippen LogP contribution in [-0.4, -0.2) is 11.9 Å². The average molecular weight is 238 g/mol. The van der Waals surface area contributed by atoms with Gasteiger partial charge in [0.15, 0.2) is 0 Å². The number of alkyl halides is 1. The van der Waals surface area contributed by atoms with Gasteiger partial charge in [-0.15, -0.1) is 0 Å². The minimum atomic E-state index is 0.105. The van der Waals surface area contributed by atoms with Gasteiger partial charge in [0.1, 0.15) is 6.10 Å². The molecule has 1 aliphatic rings. The van der Waals surface area contributed by atoms with Gasteiger partial charge in [0.05, 0.1) is 6.61 Å². The topological polar surface area (TPSA) is 9.23 Å². The summed E-state index contributed by atoms with van der Waals surface area (Å²) < 4.78 is 5.61. The Kier molecular flexibility index (Phi) is 2.81. The zero-order valence-electron chi connectivity index (χ0n) is 7.16. The van der Waals surface area contributed by atoms with Gasteiger partial charge in [0.25, 0.3) is 0 Å². The fourth-order valence-electron chi connectivity index (χ4n) is 1.45. The predicted molar refractivity (Wildman–Crippen MR) is 56.8 cm³/mol. The van der Waals surface area contributed by atoms with Crippen LogP contribution in [0.2, 0.25) is 0 Å². The first kappa shape index (κ1) is 8.97. The molecule has 1 atom stereocenters. The molecular weight excluding hydrogens is 228 g/mol. The van der Waals surface area contributed by atoms with E-state index in [9.17, 15) is 0 Å². The van der Waals surface area contributed by atoms with E-state index in [1.807, 2.05) is 12.1 Å². The van der Waals surface area contributed by atoms with Crippen LogP contribution in [0.5, 0.6) is 0 Å². The highest BCUT2D eigenvalue weighted by Crippen LogP contribution is 2.29. The van der Waals surface area contributed by atoms with Gasteiger partial charge in [0.2, 0.25) is 0 Å². The first-order valence-corrected chi connectivity index (χ1v) is 5.40. The van der Waals surface area contributed by atoms with Gasteiger partial charge in [-0.2, -0.15) is 0 Å². The molecule has 2 heteroatoms. The van der Waals surface area contributed by atoms with Crippen LogP contribution in [0.15, 0.2) is 24.3 Å². The molecule has 1 radical (unpaired) electrons. The Labute approximate surface area is 86.5 Å². The first-order chi connectivity index (χ1) is 6.42. The molecular formula is C11H10BrO. The van der Waals surface area contributed by atoms with Crippen LogP contribution >= 0.6 is 15.9 Å². The summed E-state index contributed by atoms with van der Waals surface area (Å²) in [5, 5.41) is 0.875. The van der Waals surface area contributed by atoms with E-state index in [-0.39, 0.29) is 6.10 Å². The highest BCUT2D eigenvalue weighted by atomic mass is 79.9. The van der Waals surface area contributed by atoms with Crippen molar-refractivity contribution >= 4 is 22.0 Å². The Balaban J connectivity index is 2.14. The molecule has 0 saturated heterocycles. The number of ether oxygens (including phenoxy) is 1. The van der Waals surface area contributed by atoms with Gasteiger partial charge in [0, 0.05) is 5.33 Å². The third-order valence-corrected chi connectivity index (χ3v) is 2.36. The van der Waals surface area contributed by atoms with Gasteiger partial charge in [-0.1, -0.05) is 46.3 Å². The van der Waals surface area contributed by atoms with Crippen LogP contribution in [0, 0.1) is 6.07 Å². The zero-order chi connectivity index (χ0) is 9.10. The van der Waals surface area contributed by atoms with Crippen molar-refractivity contribution in [3.05, 3.63) is 41.5 Å². The fourth-order valence-corrected chi connectivity index (χ4v) is 1.64. The van der Waals surface area contributed by atoms with Gasteiger partial charge in [-0.3, -0.25) is 0 Å². The number of hydrogen-bond acceptors (Lipinski definition) is 1. The summed E-state index contributed by atoms with van der Waals surface area (Å²) in [6.45, 7) is 0.733. The molecule has 0 aromatic heterocycles. The molecule has 2 rings (SSSR count). The van der Waals surface area contributed by atoms with Crippen LogP contribution in [0.4, 0.5) is 0 Å². The minimum absolute atomic E-state index is 0.105. The third kappa shape index (κ3) is 1.84. The van der Waals surface area contributed by atoms with Crippen LogP contribution in [0.1, 0.15) is 17.2 Å². The lowest BCUT2D eigenvalue weighted by Crippen LogP contribution is -2.01. The smallest absolute Gasteiger partial charge is 0.102 e. The van der Waals surface area contributed by atoms with Crippen molar-refractivity contribution in [2.45, 2.75) is 6.10 Å². The Hall–Kier alpha value is -0.600. The number of rotatable bonds is 3. The molecule has 1 aliphatic carbocycles. The van der Waals surface area contributed by atoms with Gasteiger partial charge in [-0.05, 0) is 17.2 Å². The quantitative estimate of drug-likeness (QED) is 0.735. The van der Waals surface area contributed by atoms with E-state index in [4.69, 9.17) is 4.74 Å².